The topological polar surface area (TPSA) is 64.5 Å². The van der Waals surface area contributed by atoms with Crippen LogP contribution in [-0.4, -0.2) is 40.3 Å². The summed E-state index contributed by atoms with van der Waals surface area (Å²) < 4.78 is 16.2. The van der Waals surface area contributed by atoms with E-state index in [2.05, 4.69) is 28.9 Å². The average molecular weight is 263 g/mol. The van der Waals surface area contributed by atoms with E-state index in [0.717, 1.165) is 13.1 Å². The van der Waals surface area contributed by atoms with Crippen molar-refractivity contribution in [1.82, 2.24) is 15.0 Å². The van der Waals surface area contributed by atoms with Crippen molar-refractivity contribution in [2.75, 3.05) is 13.1 Å². The van der Waals surface area contributed by atoms with Crippen molar-refractivity contribution in [3.63, 3.8) is 0 Å². The van der Waals surface area contributed by atoms with Crippen molar-refractivity contribution < 1.29 is 13.7 Å². The van der Waals surface area contributed by atoms with E-state index in [1.807, 2.05) is 6.07 Å². The maximum Gasteiger partial charge on any atom is 0.241 e. The van der Waals surface area contributed by atoms with E-state index < -0.39 is 0 Å². The van der Waals surface area contributed by atoms with Gasteiger partial charge in [0.1, 0.15) is 0 Å². The molecule has 2 aromatic rings. The highest BCUT2D eigenvalue weighted by Crippen LogP contribution is 2.18. The molecular formula is C13H17N3O3. The molecule has 0 unspecified atom stereocenters. The SMILES string of the molecule is C[C@@H]1CN(Cc2nc(-c3ccco3)no2)C[C@@H](C)O1. The Morgan fingerprint density at radius 2 is 2.11 bits per heavy atom. The summed E-state index contributed by atoms with van der Waals surface area (Å²) >= 11 is 0. The summed E-state index contributed by atoms with van der Waals surface area (Å²) in [7, 11) is 0. The standard InChI is InChI=1S/C13H17N3O3/c1-9-6-16(7-10(2)18-9)8-12-14-13(15-19-12)11-4-3-5-17-11/h3-5,9-10H,6-8H2,1-2H3/t9-,10-/m1/s1. The number of morpholine rings is 1. The molecule has 0 amide bonds. The van der Waals surface area contributed by atoms with Gasteiger partial charge in [-0.25, -0.2) is 0 Å². The quantitative estimate of drug-likeness (QED) is 0.843. The lowest BCUT2D eigenvalue weighted by molar-refractivity contribution is -0.0725. The van der Waals surface area contributed by atoms with Crippen LogP contribution in [-0.2, 0) is 11.3 Å². The third kappa shape index (κ3) is 2.85. The lowest BCUT2D eigenvalue weighted by Gasteiger charge is -2.34. The first-order valence-corrected chi connectivity index (χ1v) is 6.45. The summed E-state index contributed by atoms with van der Waals surface area (Å²) in [4.78, 5) is 6.61. The zero-order chi connectivity index (χ0) is 13.2. The number of aromatic nitrogens is 2. The summed E-state index contributed by atoms with van der Waals surface area (Å²) in [5.41, 5.74) is 0. The molecule has 0 bridgehead atoms. The van der Waals surface area contributed by atoms with Crippen LogP contribution in [0, 0.1) is 0 Å². The summed E-state index contributed by atoms with van der Waals surface area (Å²) in [6, 6.07) is 3.62. The van der Waals surface area contributed by atoms with Gasteiger partial charge in [-0.3, -0.25) is 4.90 Å². The first kappa shape index (κ1) is 12.4. The molecule has 0 radical (unpaired) electrons. The molecule has 6 nitrogen and oxygen atoms in total. The molecule has 0 aliphatic carbocycles. The van der Waals surface area contributed by atoms with Gasteiger partial charge in [0.05, 0.1) is 25.0 Å². The fourth-order valence-corrected chi connectivity index (χ4v) is 2.43. The summed E-state index contributed by atoms with van der Waals surface area (Å²) in [6.07, 6.45) is 2.06. The first-order valence-electron chi connectivity index (χ1n) is 6.45. The lowest BCUT2D eigenvalue weighted by Crippen LogP contribution is -2.44. The molecular weight excluding hydrogens is 246 g/mol. The van der Waals surface area contributed by atoms with Crippen LogP contribution >= 0.6 is 0 Å². The Hall–Kier alpha value is -1.66. The molecule has 0 saturated carbocycles. The third-order valence-corrected chi connectivity index (χ3v) is 3.06. The third-order valence-electron chi connectivity index (χ3n) is 3.06. The zero-order valence-corrected chi connectivity index (χ0v) is 11.1. The van der Waals surface area contributed by atoms with Crippen LogP contribution in [0.4, 0.5) is 0 Å². The highest BCUT2D eigenvalue weighted by atomic mass is 16.5. The van der Waals surface area contributed by atoms with Crippen molar-refractivity contribution >= 4 is 0 Å². The Kier molecular flexibility index (Phi) is 3.35. The van der Waals surface area contributed by atoms with E-state index >= 15 is 0 Å². The number of rotatable bonds is 3. The molecule has 2 atom stereocenters. The molecule has 0 spiro atoms. The highest BCUT2D eigenvalue weighted by molar-refractivity contribution is 5.44. The summed E-state index contributed by atoms with van der Waals surface area (Å²) in [5.74, 6) is 1.72. The Bertz CT molecular complexity index is 513. The minimum absolute atomic E-state index is 0.233. The Labute approximate surface area is 111 Å². The maximum atomic E-state index is 5.69. The van der Waals surface area contributed by atoms with E-state index in [-0.39, 0.29) is 12.2 Å². The van der Waals surface area contributed by atoms with E-state index in [1.54, 1.807) is 12.3 Å². The molecule has 1 aliphatic rings. The Balaban J connectivity index is 1.67. The zero-order valence-electron chi connectivity index (χ0n) is 11.1. The molecule has 19 heavy (non-hydrogen) atoms. The predicted molar refractivity (Wildman–Crippen MR) is 67.3 cm³/mol. The normalized spacial score (nSPS) is 24.7. The second-order valence-electron chi connectivity index (χ2n) is 4.94. The number of hydrogen-bond acceptors (Lipinski definition) is 6. The van der Waals surface area contributed by atoms with Crippen molar-refractivity contribution in [1.29, 1.82) is 0 Å². The van der Waals surface area contributed by atoms with Gasteiger partial charge in [-0.2, -0.15) is 4.98 Å². The van der Waals surface area contributed by atoms with Gasteiger partial charge in [0.2, 0.25) is 11.7 Å². The molecule has 1 fully saturated rings. The van der Waals surface area contributed by atoms with Gasteiger partial charge in [0.15, 0.2) is 5.76 Å². The van der Waals surface area contributed by atoms with E-state index in [9.17, 15) is 0 Å². The van der Waals surface area contributed by atoms with Gasteiger partial charge >= 0.3 is 0 Å². The van der Waals surface area contributed by atoms with Crippen molar-refractivity contribution in [3.05, 3.63) is 24.3 Å². The van der Waals surface area contributed by atoms with Crippen molar-refractivity contribution in [3.8, 4) is 11.6 Å². The van der Waals surface area contributed by atoms with Gasteiger partial charge in [-0.15, -0.1) is 0 Å². The largest absolute Gasteiger partial charge is 0.461 e. The minimum Gasteiger partial charge on any atom is -0.461 e. The van der Waals surface area contributed by atoms with Gasteiger partial charge in [-0.1, -0.05) is 5.16 Å². The molecule has 3 rings (SSSR count). The minimum atomic E-state index is 0.233. The molecule has 6 heteroatoms. The van der Waals surface area contributed by atoms with Crippen LogP contribution < -0.4 is 0 Å². The lowest BCUT2D eigenvalue weighted by atomic mass is 10.2. The van der Waals surface area contributed by atoms with Crippen molar-refractivity contribution in [2.24, 2.45) is 0 Å². The molecule has 2 aromatic heterocycles. The molecule has 1 aliphatic heterocycles. The van der Waals surface area contributed by atoms with E-state index in [4.69, 9.17) is 13.7 Å². The molecule has 0 N–H and O–H groups in total. The van der Waals surface area contributed by atoms with Crippen LogP contribution in [0.3, 0.4) is 0 Å². The molecule has 102 valence electrons. The monoisotopic (exact) mass is 263 g/mol. The van der Waals surface area contributed by atoms with Gasteiger partial charge in [0, 0.05) is 13.1 Å². The van der Waals surface area contributed by atoms with Crippen LogP contribution in [0.1, 0.15) is 19.7 Å². The van der Waals surface area contributed by atoms with Gasteiger partial charge in [-0.05, 0) is 26.0 Å². The Morgan fingerprint density at radius 1 is 1.32 bits per heavy atom. The number of hydrogen-bond donors (Lipinski definition) is 0. The van der Waals surface area contributed by atoms with Crippen LogP contribution in [0.15, 0.2) is 27.3 Å². The van der Waals surface area contributed by atoms with Crippen LogP contribution in [0.5, 0.6) is 0 Å². The number of furan rings is 1. The summed E-state index contributed by atoms with van der Waals surface area (Å²) in [5, 5.41) is 3.92. The van der Waals surface area contributed by atoms with Gasteiger partial charge in [0.25, 0.3) is 0 Å². The van der Waals surface area contributed by atoms with E-state index in [1.165, 1.54) is 0 Å². The molecule has 0 aromatic carbocycles. The molecule has 3 heterocycles. The van der Waals surface area contributed by atoms with E-state index in [0.29, 0.717) is 24.0 Å². The van der Waals surface area contributed by atoms with Gasteiger partial charge < -0.3 is 13.7 Å². The smallest absolute Gasteiger partial charge is 0.241 e. The fourth-order valence-electron chi connectivity index (χ4n) is 2.43. The maximum absolute atomic E-state index is 5.69. The van der Waals surface area contributed by atoms with Crippen molar-refractivity contribution in [2.45, 2.75) is 32.6 Å². The molecule has 1 saturated heterocycles. The average Bonchev–Trinajstić information content (AvgIpc) is 2.96. The second kappa shape index (κ2) is 5.14. The second-order valence-corrected chi connectivity index (χ2v) is 4.94. The Morgan fingerprint density at radius 3 is 2.79 bits per heavy atom. The number of ether oxygens (including phenoxy) is 1. The number of nitrogens with zero attached hydrogens (tertiary/aromatic N) is 3. The first-order chi connectivity index (χ1) is 9.20. The predicted octanol–water partition coefficient (Wildman–Crippen LogP) is 1.94. The highest BCUT2D eigenvalue weighted by Gasteiger charge is 2.24. The van der Waals surface area contributed by atoms with Crippen LogP contribution in [0.25, 0.3) is 11.6 Å². The van der Waals surface area contributed by atoms with Crippen LogP contribution in [0.2, 0.25) is 0 Å². The fraction of sp³-hybridized carbons (Fsp3) is 0.538. The summed E-state index contributed by atoms with van der Waals surface area (Å²) in [6.45, 7) is 6.55.